The van der Waals surface area contributed by atoms with Crippen molar-refractivity contribution < 1.29 is 28.6 Å². The lowest BCUT2D eigenvalue weighted by molar-refractivity contribution is -0.141. The van der Waals surface area contributed by atoms with Crippen LogP contribution < -0.4 is 9.47 Å². The van der Waals surface area contributed by atoms with Crippen LogP contribution in [0.5, 0.6) is 11.5 Å². The van der Waals surface area contributed by atoms with Gasteiger partial charge in [-0.3, -0.25) is 9.59 Å². The van der Waals surface area contributed by atoms with Crippen LogP contribution in [-0.2, 0) is 9.59 Å². The Hall–Kier alpha value is -3.35. The number of aliphatic hydroxyl groups excluding tert-OH is 1. The van der Waals surface area contributed by atoms with E-state index in [9.17, 15) is 19.1 Å². The van der Waals surface area contributed by atoms with Crippen LogP contribution >= 0.6 is 0 Å². The fourth-order valence-electron chi connectivity index (χ4n) is 4.69. The lowest BCUT2D eigenvalue weighted by Crippen LogP contribution is -2.37. The molecule has 1 aliphatic carbocycles. The monoisotopic (exact) mass is 439 g/mol. The molecule has 4 rings (SSSR count). The second-order valence-electron chi connectivity index (χ2n) is 7.99. The fourth-order valence-corrected chi connectivity index (χ4v) is 4.69. The number of amides is 1. The second-order valence-corrected chi connectivity index (χ2v) is 7.99. The largest absolute Gasteiger partial charge is 0.507 e. The van der Waals surface area contributed by atoms with Crippen molar-refractivity contribution in [2.45, 2.75) is 44.7 Å². The minimum absolute atomic E-state index is 0.0304. The smallest absolute Gasteiger partial charge is 0.295 e. The van der Waals surface area contributed by atoms with E-state index in [0.717, 1.165) is 31.7 Å². The summed E-state index contributed by atoms with van der Waals surface area (Å²) in [6, 6.07) is 9.94. The highest BCUT2D eigenvalue weighted by atomic mass is 19.1. The molecule has 1 aliphatic heterocycles. The van der Waals surface area contributed by atoms with Gasteiger partial charge in [-0.1, -0.05) is 25.0 Å². The Bertz CT molecular complexity index is 1070. The Morgan fingerprint density at radius 3 is 2.59 bits per heavy atom. The summed E-state index contributed by atoms with van der Waals surface area (Å²) in [6.07, 6.45) is 3.52. The molecule has 0 bridgehead atoms. The SMILES string of the molecule is CCOc1cccc(C2/C(=C(\O)c3cc(F)ccc3OC)C(=O)C(=O)N2C2CCCC2)c1. The van der Waals surface area contributed by atoms with Crippen LogP contribution in [0.2, 0.25) is 0 Å². The molecule has 2 aromatic carbocycles. The summed E-state index contributed by atoms with van der Waals surface area (Å²) in [4.78, 5) is 27.9. The number of carbonyl (C=O) groups excluding carboxylic acids is 2. The lowest BCUT2D eigenvalue weighted by atomic mass is 9.94. The van der Waals surface area contributed by atoms with Crippen LogP contribution in [0.4, 0.5) is 4.39 Å². The molecule has 1 saturated carbocycles. The Morgan fingerprint density at radius 2 is 1.91 bits per heavy atom. The number of benzene rings is 2. The summed E-state index contributed by atoms with van der Waals surface area (Å²) in [7, 11) is 1.39. The maximum atomic E-state index is 14.0. The standard InChI is InChI=1S/C25H26FNO5/c1-3-32-18-10-6-7-15(13-18)22-21(23(28)19-14-16(26)11-12-20(19)31-2)24(29)25(30)27(22)17-8-4-5-9-17/h6-7,10-14,17,22,28H,3-5,8-9H2,1-2H3/b23-21+. The second kappa shape index (κ2) is 9.02. The zero-order chi connectivity index (χ0) is 22.8. The van der Waals surface area contributed by atoms with Crippen molar-refractivity contribution in [1.82, 2.24) is 4.90 Å². The van der Waals surface area contributed by atoms with Gasteiger partial charge in [-0.15, -0.1) is 0 Å². The summed E-state index contributed by atoms with van der Waals surface area (Å²) >= 11 is 0. The van der Waals surface area contributed by atoms with Gasteiger partial charge in [0.15, 0.2) is 0 Å². The predicted molar refractivity (Wildman–Crippen MR) is 117 cm³/mol. The number of Topliss-reactive ketones (excluding diaryl/α,β-unsaturated/α-hetero) is 1. The molecule has 1 N–H and O–H groups in total. The molecule has 1 amide bonds. The molecular formula is C25H26FNO5. The first-order valence-corrected chi connectivity index (χ1v) is 10.8. The van der Waals surface area contributed by atoms with E-state index >= 15 is 0 Å². The van der Waals surface area contributed by atoms with E-state index in [1.807, 2.05) is 6.92 Å². The van der Waals surface area contributed by atoms with E-state index in [-0.39, 0.29) is 22.9 Å². The zero-order valence-electron chi connectivity index (χ0n) is 18.1. The summed E-state index contributed by atoms with van der Waals surface area (Å²) in [5.41, 5.74) is 0.612. The number of nitrogens with zero attached hydrogens (tertiary/aromatic N) is 1. The number of ether oxygens (including phenoxy) is 2. The molecule has 1 heterocycles. The van der Waals surface area contributed by atoms with Crippen molar-refractivity contribution in [3.63, 3.8) is 0 Å². The first-order chi connectivity index (χ1) is 15.5. The third-order valence-corrected chi connectivity index (χ3v) is 6.10. The molecule has 2 aliphatic rings. The van der Waals surface area contributed by atoms with Gasteiger partial charge in [0.2, 0.25) is 0 Å². The number of halogens is 1. The van der Waals surface area contributed by atoms with Crippen molar-refractivity contribution in [3.05, 3.63) is 65.0 Å². The number of hydrogen-bond donors (Lipinski definition) is 1. The molecule has 1 unspecified atom stereocenters. The molecule has 0 radical (unpaired) electrons. The summed E-state index contributed by atoms with van der Waals surface area (Å²) < 4.78 is 24.9. The zero-order valence-corrected chi connectivity index (χ0v) is 18.1. The van der Waals surface area contributed by atoms with Gasteiger partial charge >= 0.3 is 0 Å². The van der Waals surface area contributed by atoms with Crippen LogP contribution in [0, 0.1) is 5.82 Å². The predicted octanol–water partition coefficient (Wildman–Crippen LogP) is 4.60. The average Bonchev–Trinajstić information content (AvgIpc) is 3.40. The Morgan fingerprint density at radius 1 is 1.16 bits per heavy atom. The van der Waals surface area contributed by atoms with Gasteiger partial charge in [-0.05, 0) is 55.7 Å². The minimum atomic E-state index is -0.800. The fraction of sp³-hybridized carbons (Fsp3) is 0.360. The first kappa shape index (κ1) is 21.9. The van der Waals surface area contributed by atoms with Gasteiger partial charge in [0.05, 0.1) is 30.9 Å². The summed E-state index contributed by atoms with van der Waals surface area (Å²) in [5, 5.41) is 11.2. The Kier molecular flexibility index (Phi) is 6.17. The third kappa shape index (κ3) is 3.83. The molecule has 2 fully saturated rings. The van der Waals surface area contributed by atoms with Crippen LogP contribution in [0.1, 0.15) is 49.8 Å². The maximum absolute atomic E-state index is 14.0. The highest BCUT2D eigenvalue weighted by Crippen LogP contribution is 2.45. The number of rotatable bonds is 6. The molecule has 0 spiro atoms. The lowest BCUT2D eigenvalue weighted by Gasteiger charge is -2.31. The van der Waals surface area contributed by atoms with Gasteiger partial charge < -0.3 is 19.5 Å². The molecule has 168 valence electrons. The number of carbonyl (C=O) groups is 2. The van der Waals surface area contributed by atoms with Crippen LogP contribution in [-0.4, -0.2) is 41.5 Å². The number of methoxy groups -OCH3 is 1. The van der Waals surface area contributed by atoms with Gasteiger partial charge in [0.1, 0.15) is 23.1 Å². The minimum Gasteiger partial charge on any atom is -0.507 e. The topological polar surface area (TPSA) is 76.1 Å². The summed E-state index contributed by atoms with van der Waals surface area (Å²) in [5.74, 6) is -1.67. The average molecular weight is 439 g/mol. The van der Waals surface area contributed by atoms with Crippen molar-refractivity contribution >= 4 is 17.4 Å². The van der Waals surface area contributed by atoms with Gasteiger partial charge in [0.25, 0.3) is 11.7 Å². The molecule has 1 atom stereocenters. The van der Waals surface area contributed by atoms with E-state index in [1.54, 1.807) is 29.2 Å². The van der Waals surface area contributed by atoms with Crippen LogP contribution in [0.25, 0.3) is 5.76 Å². The van der Waals surface area contributed by atoms with Crippen molar-refractivity contribution in [1.29, 1.82) is 0 Å². The van der Waals surface area contributed by atoms with Gasteiger partial charge in [0, 0.05) is 6.04 Å². The van der Waals surface area contributed by atoms with E-state index in [2.05, 4.69) is 0 Å². The molecule has 2 aromatic rings. The van der Waals surface area contributed by atoms with E-state index in [4.69, 9.17) is 9.47 Å². The van der Waals surface area contributed by atoms with Crippen LogP contribution in [0.15, 0.2) is 48.0 Å². The van der Waals surface area contributed by atoms with Gasteiger partial charge in [-0.25, -0.2) is 4.39 Å². The number of aliphatic hydroxyl groups is 1. The summed E-state index contributed by atoms with van der Waals surface area (Å²) in [6.45, 7) is 2.33. The van der Waals surface area contributed by atoms with Gasteiger partial charge in [-0.2, -0.15) is 0 Å². The van der Waals surface area contributed by atoms with Crippen LogP contribution in [0.3, 0.4) is 0 Å². The van der Waals surface area contributed by atoms with Crippen molar-refractivity contribution in [3.8, 4) is 11.5 Å². The van der Waals surface area contributed by atoms with E-state index in [0.29, 0.717) is 17.9 Å². The first-order valence-electron chi connectivity index (χ1n) is 10.8. The molecule has 1 saturated heterocycles. The molecular weight excluding hydrogens is 413 g/mol. The molecule has 7 heteroatoms. The van der Waals surface area contributed by atoms with E-state index in [1.165, 1.54) is 19.2 Å². The Balaban J connectivity index is 1.92. The number of ketones is 1. The highest BCUT2D eigenvalue weighted by Gasteiger charge is 2.49. The third-order valence-electron chi connectivity index (χ3n) is 6.10. The molecule has 0 aromatic heterocycles. The molecule has 32 heavy (non-hydrogen) atoms. The number of likely N-dealkylation sites (tertiary alicyclic amines) is 1. The van der Waals surface area contributed by atoms with Crippen molar-refractivity contribution in [2.75, 3.05) is 13.7 Å². The Labute approximate surface area is 186 Å². The molecule has 6 nitrogen and oxygen atoms in total. The number of hydrogen-bond acceptors (Lipinski definition) is 5. The van der Waals surface area contributed by atoms with E-state index < -0.39 is 29.3 Å². The highest BCUT2D eigenvalue weighted by molar-refractivity contribution is 6.46. The normalized spacial score (nSPS) is 20.7. The quantitative estimate of drug-likeness (QED) is 0.405. The maximum Gasteiger partial charge on any atom is 0.295 e. The van der Waals surface area contributed by atoms with Crippen molar-refractivity contribution in [2.24, 2.45) is 0 Å².